The van der Waals surface area contributed by atoms with E-state index in [-0.39, 0.29) is 30.2 Å². The number of nitrogens with one attached hydrogen (secondary N) is 3. The lowest BCUT2D eigenvalue weighted by Gasteiger charge is -2.36. The van der Waals surface area contributed by atoms with Crippen molar-refractivity contribution in [2.75, 3.05) is 18.0 Å². The molecule has 0 spiro atoms. The highest BCUT2D eigenvalue weighted by atomic mass is 32.1. The van der Waals surface area contributed by atoms with Crippen LogP contribution in [-0.4, -0.2) is 46.2 Å². The molecule has 29 heavy (non-hydrogen) atoms. The van der Waals surface area contributed by atoms with Crippen molar-refractivity contribution in [2.24, 2.45) is 0 Å². The summed E-state index contributed by atoms with van der Waals surface area (Å²) < 4.78 is 19.9. The molecule has 0 aliphatic carbocycles. The van der Waals surface area contributed by atoms with Gasteiger partial charge in [-0.15, -0.1) is 0 Å². The largest absolute Gasteiger partial charge is 0.372 e. The lowest BCUT2D eigenvalue weighted by molar-refractivity contribution is -0.00546. The number of aromatic nitrogens is 3. The number of hydrogen-bond donors (Lipinski definition) is 3. The lowest BCUT2D eigenvalue weighted by atomic mass is 10.1. The van der Waals surface area contributed by atoms with Crippen molar-refractivity contribution in [3.8, 4) is 0 Å². The van der Waals surface area contributed by atoms with Crippen LogP contribution in [0.3, 0.4) is 0 Å². The maximum Gasteiger partial charge on any atom is 0.253 e. The molecule has 0 radical (unpaired) electrons. The summed E-state index contributed by atoms with van der Waals surface area (Å²) in [6.07, 6.45) is 2.05. The van der Waals surface area contributed by atoms with E-state index in [2.05, 4.69) is 25.2 Å². The molecule has 7 nitrogen and oxygen atoms in total. The Bertz CT molecular complexity index is 1080. The summed E-state index contributed by atoms with van der Waals surface area (Å²) in [5.41, 5.74) is 2.00. The molecular formula is C20H22FN5O2S. The number of imidazole rings is 1. The van der Waals surface area contributed by atoms with Gasteiger partial charge in [-0.1, -0.05) is 6.07 Å². The third-order valence-electron chi connectivity index (χ3n) is 4.84. The Labute approximate surface area is 172 Å². The third kappa shape index (κ3) is 4.30. The number of pyridine rings is 1. The van der Waals surface area contributed by atoms with E-state index in [1.807, 2.05) is 26.0 Å². The van der Waals surface area contributed by atoms with E-state index in [0.717, 1.165) is 24.5 Å². The van der Waals surface area contributed by atoms with Gasteiger partial charge in [0.25, 0.3) is 5.91 Å². The highest BCUT2D eigenvalue weighted by Gasteiger charge is 2.23. The summed E-state index contributed by atoms with van der Waals surface area (Å²) in [5.74, 6) is -0.0126. The molecule has 152 valence electrons. The number of aromatic amines is 2. The smallest absolute Gasteiger partial charge is 0.253 e. The maximum atomic E-state index is 13.8. The summed E-state index contributed by atoms with van der Waals surface area (Å²) in [4.78, 5) is 25.0. The lowest BCUT2D eigenvalue weighted by Crippen LogP contribution is -2.45. The van der Waals surface area contributed by atoms with Gasteiger partial charge < -0.3 is 24.9 Å². The van der Waals surface area contributed by atoms with Crippen LogP contribution in [0.2, 0.25) is 0 Å². The van der Waals surface area contributed by atoms with E-state index < -0.39 is 5.82 Å². The average Bonchev–Trinajstić information content (AvgIpc) is 3.05. The van der Waals surface area contributed by atoms with Crippen LogP contribution in [0.15, 0.2) is 30.5 Å². The first-order valence-corrected chi connectivity index (χ1v) is 9.85. The number of rotatable bonds is 4. The average molecular weight is 415 g/mol. The van der Waals surface area contributed by atoms with Crippen LogP contribution < -0.4 is 10.2 Å². The van der Waals surface area contributed by atoms with Crippen LogP contribution in [0.25, 0.3) is 11.0 Å². The van der Waals surface area contributed by atoms with Gasteiger partial charge in [-0.3, -0.25) is 4.79 Å². The van der Waals surface area contributed by atoms with Gasteiger partial charge in [-0.25, -0.2) is 9.37 Å². The van der Waals surface area contributed by atoms with Gasteiger partial charge in [0, 0.05) is 25.8 Å². The minimum absolute atomic E-state index is 0.156. The van der Waals surface area contributed by atoms with Crippen molar-refractivity contribution in [1.82, 2.24) is 20.3 Å². The van der Waals surface area contributed by atoms with E-state index in [1.165, 1.54) is 12.1 Å². The molecule has 1 aliphatic rings. The highest BCUT2D eigenvalue weighted by molar-refractivity contribution is 7.71. The first kappa shape index (κ1) is 19.5. The number of anilines is 1. The molecule has 3 aromatic rings. The number of carbonyl (C=O) groups excluding carboxylic acids is 1. The van der Waals surface area contributed by atoms with E-state index >= 15 is 0 Å². The third-order valence-corrected chi connectivity index (χ3v) is 5.04. The monoisotopic (exact) mass is 415 g/mol. The van der Waals surface area contributed by atoms with Crippen LogP contribution in [0.4, 0.5) is 10.2 Å². The molecule has 2 atom stereocenters. The Balaban J connectivity index is 1.44. The first-order valence-electron chi connectivity index (χ1n) is 9.44. The number of amides is 1. The topological polar surface area (TPSA) is 86.0 Å². The molecule has 3 heterocycles. The summed E-state index contributed by atoms with van der Waals surface area (Å²) in [7, 11) is 0. The number of nitrogens with zero attached hydrogens (tertiary/aromatic N) is 2. The molecule has 9 heteroatoms. The van der Waals surface area contributed by atoms with Crippen LogP contribution in [0.1, 0.15) is 29.8 Å². The Kier molecular flexibility index (Phi) is 5.33. The van der Waals surface area contributed by atoms with Crippen molar-refractivity contribution in [3.63, 3.8) is 0 Å². The van der Waals surface area contributed by atoms with Crippen molar-refractivity contribution < 1.29 is 13.9 Å². The SMILES string of the molecule is CC1CN(c2ccc(CNC(=O)c3cc(F)cc4[nH]c(=S)[nH]c34)cn2)CC(C)O1. The van der Waals surface area contributed by atoms with Crippen LogP contribution >= 0.6 is 12.2 Å². The Morgan fingerprint density at radius 1 is 1.31 bits per heavy atom. The van der Waals surface area contributed by atoms with Gasteiger partial charge >= 0.3 is 0 Å². The zero-order valence-electron chi connectivity index (χ0n) is 16.2. The van der Waals surface area contributed by atoms with Crippen LogP contribution in [-0.2, 0) is 11.3 Å². The number of carbonyl (C=O) groups is 1. The van der Waals surface area contributed by atoms with Gasteiger partial charge in [0.1, 0.15) is 11.6 Å². The number of benzene rings is 1. The summed E-state index contributed by atoms with van der Waals surface area (Å²) in [6, 6.07) is 6.36. The summed E-state index contributed by atoms with van der Waals surface area (Å²) in [6.45, 7) is 5.97. The molecule has 4 rings (SSSR count). The zero-order chi connectivity index (χ0) is 20.5. The Morgan fingerprint density at radius 3 is 2.76 bits per heavy atom. The molecule has 1 amide bonds. The first-order chi connectivity index (χ1) is 13.9. The Morgan fingerprint density at radius 2 is 2.07 bits per heavy atom. The van der Waals surface area contributed by atoms with Crippen LogP contribution in [0.5, 0.6) is 0 Å². The molecule has 1 saturated heterocycles. The molecule has 1 fully saturated rings. The molecule has 1 aliphatic heterocycles. The van der Waals surface area contributed by atoms with Crippen molar-refractivity contribution in [3.05, 3.63) is 52.2 Å². The second kappa shape index (κ2) is 7.92. The normalized spacial score (nSPS) is 19.5. The predicted molar refractivity (Wildman–Crippen MR) is 111 cm³/mol. The number of ether oxygens (including phenoxy) is 1. The number of fused-ring (bicyclic) bond motifs is 1. The van der Waals surface area contributed by atoms with E-state index in [9.17, 15) is 9.18 Å². The Hall–Kier alpha value is -2.78. The van der Waals surface area contributed by atoms with Crippen molar-refractivity contribution in [1.29, 1.82) is 0 Å². The second-order valence-electron chi connectivity index (χ2n) is 7.32. The molecule has 3 N–H and O–H groups in total. The van der Waals surface area contributed by atoms with Gasteiger partial charge in [-0.2, -0.15) is 0 Å². The molecule has 2 unspecified atom stereocenters. The maximum absolute atomic E-state index is 13.8. The van der Waals surface area contributed by atoms with Crippen molar-refractivity contribution in [2.45, 2.75) is 32.6 Å². The van der Waals surface area contributed by atoms with Crippen LogP contribution in [0, 0.1) is 10.6 Å². The zero-order valence-corrected chi connectivity index (χ0v) is 17.0. The molecular weight excluding hydrogens is 393 g/mol. The predicted octanol–water partition coefficient (Wildman–Crippen LogP) is 3.30. The van der Waals surface area contributed by atoms with Gasteiger partial charge in [0.05, 0.1) is 28.8 Å². The minimum Gasteiger partial charge on any atom is -0.372 e. The van der Waals surface area contributed by atoms with E-state index in [0.29, 0.717) is 15.8 Å². The van der Waals surface area contributed by atoms with E-state index in [1.54, 1.807) is 6.20 Å². The number of H-pyrrole nitrogens is 2. The summed E-state index contributed by atoms with van der Waals surface area (Å²) >= 11 is 5.04. The quantitative estimate of drug-likeness (QED) is 0.569. The summed E-state index contributed by atoms with van der Waals surface area (Å²) in [5, 5.41) is 2.81. The molecule has 0 saturated carbocycles. The van der Waals surface area contributed by atoms with Gasteiger partial charge in [0.2, 0.25) is 0 Å². The van der Waals surface area contributed by atoms with E-state index in [4.69, 9.17) is 17.0 Å². The number of morpholine rings is 1. The second-order valence-corrected chi connectivity index (χ2v) is 7.73. The fourth-order valence-electron chi connectivity index (χ4n) is 3.64. The fraction of sp³-hybridized carbons (Fsp3) is 0.350. The standard InChI is InChI=1S/C20H22FN5O2S/c1-11-9-26(10-12(2)28-11)17-4-3-13(7-22-17)8-23-19(27)15-5-14(21)6-16-18(15)25-20(29)24-16/h3-7,11-12H,8-10H2,1-2H3,(H,23,27)(H2,24,25,29). The fourth-order valence-corrected chi connectivity index (χ4v) is 3.85. The number of hydrogen-bond acceptors (Lipinski definition) is 5. The highest BCUT2D eigenvalue weighted by Crippen LogP contribution is 2.20. The minimum atomic E-state index is -0.507. The van der Waals surface area contributed by atoms with Gasteiger partial charge in [-0.05, 0) is 49.8 Å². The van der Waals surface area contributed by atoms with Gasteiger partial charge in [0.15, 0.2) is 4.77 Å². The molecule has 0 bridgehead atoms. The molecule has 2 aromatic heterocycles. The molecule has 1 aromatic carbocycles. The van der Waals surface area contributed by atoms with Crippen molar-refractivity contribution >= 4 is 35.0 Å². The number of halogens is 1.